The maximum absolute atomic E-state index is 3.96. The lowest BCUT2D eigenvalue weighted by atomic mass is 9.85. The summed E-state index contributed by atoms with van der Waals surface area (Å²) in [6, 6.07) is 12.8. The van der Waals surface area contributed by atoms with Crippen LogP contribution in [0.25, 0.3) is 23.3 Å². The first kappa shape index (κ1) is 14.3. The lowest BCUT2D eigenvalue weighted by Gasteiger charge is -2.19. The summed E-state index contributed by atoms with van der Waals surface area (Å²) in [7, 11) is 0. The van der Waals surface area contributed by atoms with Crippen LogP contribution in [0.2, 0.25) is 0 Å². The Bertz CT molecular complexity index is 645. The fourth-order valence-corrected chi connectivity index (χ4v) is 2.85. The van der Waals surface area contributed by atoms with Crippen LogP contribution in [0.4, 0.5) is 0 Å². The number of rotatable bonds is 4. The van der Waals surface area contributed by atoms with Crippen LogP contribution >= 0.6 is 0 Å². The Morgan fingerprint density at radius 3 is 2.10 bits per heavy atom. The number of hydrogen-bond donors (Lipinski definition) is 0. The van der Waals surface area contributed by atoms with E-state index in [1.807, 2.05) is 12.2 Å². The van der Waals surface area contributed by atoms with Crippen LogP contribution in [0.1, 0.15) is 42.0 Å². The maximum atomic E-state index is 3.96. The van der Waals surface area contributed by atoms with E-state index in [1.54, 1.807) is 0 Å². The van der Waals surface area contributed by atoms with Gasteiger partial charge in [0.2, 0.25) is 0 Å². The molecule has 0 heteroatoms. The van der Waals surface area contributed by atoms with E-state index in [0.29, 0.717) is 5.92 Å². The summed E-state index contributed by atoms with van der Waals surface area (Å²) in [5.74, 6) is 0.455. The number of hydrogen-bond acceptors (Lipinski definition) is 0. The minimum Gasteiger partial charge on any atom is -0.0985 e. The van der Waals surface area contributed by atoms with Gasteiger partial charge < -0.3 is 0 Å². The molecule has 20 heavy (non-hydrogen) atoms. The van der Waals surface area contributed by atoms with E-state index in [0.717, 1.165) is 0 Å². The van der Waals surface area contributed by atoms with Crippen molar-refractivity contribution < 1.29 is 0 Å². The summed E-state index contributed by atoms with van der Waals surface area (Å²) in [4.78, 5) is 0. The molecule has 0 heterocycles. The second kappa shape index (κ2) is 5.92. The summed E-state index contributed by atoms with van der Waals surface area (Å²) in [6.07, 6.45) is 3.89. The van der Waals surface area contributed by atoms with Crippen LogP contribution in [-0.4, -0.2) is 0 Å². The molecular formula is C20H22. The molecule has 0 aliphatic rings. The minimum atomic E-state index is 0.455. The van der Waals surface area contributed by atoms with Gasteiger partial charge in [0, 0.05) is 0 Å². The van der Waals surface area contributed by atoms with Crippen molar-refractivity contribution in [3.8, 4) is 11.1 Å². The first-order chi connectivity index (χ1) is 9.60. The molecular weight excluding hydrogens is 240 g/mol. The monoisotopic (exact) mass is 262 g/mol. The normalized spacial score (nSPS) is 10.6. The van der Waals surface area contributed by atoms with Gasteiger partial charge in [0.1, 0.15) is 0 Å². The highest BCUT2D eigenvalue weighted by atomic mass is 14.2. The highest BCUT2D eigenvalue weighted by molar-refractivity contribution is 5.82. The molecule has 0 saturated heterocycles. The predicted molar refractivity (Wildman–Crippen MR) is 90.9 cm³/mol. The Morgan fingerprint density at radius 2 is 1.50 bits per heavy atom. The average Bonchev–Trinajstić information content (AvgIpc) is 2.45. The Hall–Kier alpha value is -2.08. The molecule has 0 unspecified atom stereocenters. The number of benzene rings is 2. The van der Waals surface area contributed by atoms with Crippen LogP contribution in [0.5, 0.6) is 0 Å². The van der Waals surface area contributed by atoms with Gasteiger partial charge in [-0.1, -0.05) is 75.6 Å². The summed E-state index contributed by atoms with van der Waals surface area (Å²) in [5, 5.41) is 0. The van der Waals surface area contributed by atoms with Gasteiger partial charge >= 0.3 is 0 Å². The Labute approximate surface area is 122 Å². The SMILES string of the molecule is C=Cc1cccc(C)c1-c1cccc(C=C)c1C(C)C. The molecule has 0 nitrogen and oxygen atoms in total. The van der Waals surface area contributed by atoms with Crippen molar-refractivity contribution in [2.45, 2.75) is 26.7 Å². The van der Waals surface area contributed by atoms with Crippen LogP contribution in [-0.2, 0) is 0 Å². The third-order valence-electron chi connectivity index (χ3n) is 3.73. The Morgan fingerprint density at radius 1 is 0.900 bits per heavy atom. The van der Waals surface area contributed by atoms with E-state index in [1.165, 1.54) is 33.4 Å². The molecule has 0 bridgehead atoms. The van der Waals surface area contributed by atoms with Gasteiger partial charge in [-0.05, 0) is 46.2 Å². The van der Waals surface area contributed by atoms with Gasteiger partial charge in [0.15, 0.2) is 0 Å². The van der Waals surface area contributed by atoms with E-state index in [2.05, 4.69) is 70.3 Å². The second-order valence-corrected chi connectivity index (χ2v) is 5.41. The van der Waals surface area contributed by atoms with Crippen molar-refractivity contribution in [2.75, 3.05) is 0 Å². The van der Waals surface area contributed by atoms with Crippen molar-refractivity contribution in [1.29, 1.82) is 0 Å². The first-order valence-electron chi connectivity index (χ1n) is 7.08. The molecule has 0 N–H and O–H groups in total. The fraction of sp³-hybridized carbons (Fsp3) is 0.200. The fourth-order valence-electron chi connectivity index (χ4n) is 2.85. The highest BCUT2D eigenvalue weighted by Gasteiger charge is 2.15. The molecule has 0 spiro atoms. The quantitative estimate of drug-likeness (QED) is 0.627. The summed E-state index contributed by atoms with van der Waals surface area (Å²) in [6.45, 7) is 14.5. The topological polar surface area (TPSA) is 0 Å². The molecule has 0 amide bonds. The van der Waals surface area contributed by atoms with Crippen molar-refractivity contribution in [2.24, 2.45) is 0 Å². The Kier molecular flexibility index (Phi) is 4.24. The van der Waals surface area contributed by atoms with Gasteiger partial charge in [-0.3, -0.25) is 0 Å². The van der Waals surface area contributed by atoms with Gasteiger partial charge in [-0.25, -0.2) is 0 Å². The molecule has 0 fully saturated rings. The van der Waals surface area contributed by atoms with E-state index in [-0.39, 0.29) is 0 Å². The molecule has 102 valence electrons. The van der Waals surface area contributed by atoms with E-state index < -0.39 is 0 Å². The molecule has 2 aromatic rings. The molecule has 2 rings (SSSR count). The van der Waals surface area contributed by atoms with Crippen LogP contribution < -0.4 is 0 Å². The zero-order valence-corrected chi connectivity index (χ0v) is 12.6. The van der Waals surface area contributed by atoms with Crippen molar-refractivity contribution in [3.63, 3.8) is 0 Å². The third-order valence-corrected chi connectivity index (χ3v) is 3.73. The third kappa shape index (κ3) is 2.46. The molecule has 0 aliphatic carbocycles. The highest BCUT2D eigenvalue weighted by Crippen LogP contribution is 2.36. The molecule has 0 radical (unpaired) electrons. The van der Waals surface area contributed by atoms with Crippen LogP contribution in [0.15, 0.2) is 49.6 Å². The largest absolute Gasteiger partial charge is 0.0985 e. The molecule has 0 saturated carbocycles. The van der Waals surface area contributed by atoms with Crippen LogP contribution in [0, 0.1) is 6.92 Å². The summed E-state index contributed by atoms with van der Waals surface area (Å²) >= 11 is 0. The molecule has 2 aromatic carbocycles. The number of aryl methyl sites for hydroxylation is 1. The predicted octanol–water partition coefficient (Wildman–Crippen LogP) is 6.07. The standard InChI is InChI=1S/C20H22/c1-6-16-12-9-13-18(19(16)14(3)4)20-15(5)10-8-11-17(20)7-2/h6-14H,1-2H2,3-5H3. The zero-order valence-electron chi connectivity index (χ0n) is 12.6. The van der Waals surface area contributed by atoms with Crippen molar-refractivity contribution in [1.82, 2.24) is 0 Å². The van der Waals surface area contributed by atoms with Crippen molar-refractivity contribution in [3.05, 3.63) is 71.8 Å². The lowest BCUT2D eigenvalue weighted by Crippen LogP contribution is -1.98. The van der Waals surface area contributed by atoms with Crippen LogP contribution in [0.3, 0.4) is 0 Å². The lowest BCUT2D eigenvalue weighted by molar-refractivity contribution is 0.866. The van der Waals surface area contributed by atoms with E-state index in [9.17, 15) is 0 Å². The minimum absolute atomic E-state index is 0.455. The molecule has 0 aromatic heterocycles. The average molecular weight is 262 g/mol. The summed E-state index contributed by atoms with van der Waals surface area (Å²) in [5.41, 5.74) is 7.63. The van der Waals surface area contributed by atoms with Gasteiger partial charge in [-0.2, -0.15) is 0 Å². The molecule has 0 atom stereocenters. The zero-order chi connectivity index (χ0) is 14.7. The van der Waals surface area contributed by atoms with E-state index in [4.69, 9.17) is 0 Å². The second-order valence-electron chi connectivity index (χ2n) is 5.41. The van der Waals surface area contributed by atoms with E-state index >= 15 is 0 Å². The maximum Gasteiger partial charge on any atom is -0.00793 e. The van der Waals surface area contributed by atoms with Gasteiger partial charge in [0.05, 0.1) is 0 Å². The van der Waals surface area contributed by atoms with Gasteiger partial charge in [-0.15, -0.1) is 0 Å². The first-order valence-corrected chi connectivity index (χ1v) is 7.08. The Balaban J connectivity index is 2.83. The van der Waals surface area contributed by atoms with Gasteiger partial charge in [0.25, 0.3) is 0 Å². The molecule has 0 aliphatic heterocycles. The van der Waals surface area contributed by atoms with Crippen molar-refractivity contribution >= 4 is 12.2 Å². The smallest absolute Gasteiger partial charge is 0.00793 e. The summed E-state index contributed by atoms with van der Waals surface area (Å²) < 4.78 is 0.